The van der Waals surface area contributed by atoms with Crippen LogP contribution in [-0.2, 0) is 0 Å². The number of fused-ring (bicyclic) bond motifs is 2. The third-order valence-corrected chi connectivity index (χ3v) is 7.03. The zero-order valence-electron chi connectivity index (χ0n) is 20.8. The van der Waals surface area contributed by atoms with Crippen LogP contribution in [0, 0.1) is 0 Å². The zero-order valence-corrected chi connectivity index (χ0v) is 20.8. The largest absolute Gasteiger partial charge is 0.455 e. The number of hydrogen-bond donors (Lipinski definition) is 0. The number of rotatable bonds is 5. The van der Waals surface area contributed by atoms with Gasteiger partial charge in [-0.2, -0.15) is 0 Å². The highest BCUT2D eigenvalue weighted by Gasteiger charge is 2.19. The maximum atomic E-state index is 6.52. The molecule has 0 fully saturated rings. The molecule has 7 aromatic rings. The fraction of sp³-hybridized carbons (Fsp3) is 0. The first kappa shape index (κ1) is 22.1. The molecule has 2 nitrogen and oxygen atoms in total. The minimum Gasteiger partial charge on any atom is -0.455 e. The van der Waals surface area contributed by atoms with E-state index in [1.54, 1.807) is 0 Å². The van der Waals surface area contributed by atoms with Crippen molar-refractivity contribution in [3.05, 3.63) is 152 Å². The minimum atomic E-state index is 0.880. The molecular weight excluding hydrogens is 462 g/mol. The van der Waals surface area contributed by atoms with Crippen LogP contribution in [0.4, 0.5) is 17.1 Å². The highest BCUT2D eigenvalue weighted by atomic mass is 16.3. The summed E-state index contributed by atoms with van der Waals surface area (Å²) in [4.78, 5) is 2.31. The maximum absolute atomic E-state index is 6.52. The molecule has 0 aliphatic heterocycles. The molecule has 7 rings (SSSR count). The molecule has 0 bridgehead atoms. The van der Waals surface area contributed by atoms with E-state index < -0.39 is 0 Å². The van der Waals surface area contributed by atoms with Crippen molar-refractivity contribution in [1.29, 1.82) is 0 Å². The summed E-state index contributed by atoms with van der Waals surface area (Å²) < 4.78 is 6.52. The molecule has 0 aliphatic carbocycles. The van der Waals surface area contributed by atoms with E-state index in [9.17, 15) is 0 Å². The molecule has 0 saturated carbocycles. The quantitative estimate of drug-likeness (QED) is 0.240. The summed E-state index contributed by atoms with van der Waals surface area (Å²) in [5, 5.41) is 3.56. The summed E-state index contributed by atoms with van der Waals surface area (Å²) in [6.07, 6.45) is 0. The molecule has 38 heavy (non-hydrogen) atoms. The SMILES string of the molecule is c1ccc(-c2c(-c3cccc(N(c4ccccc4)c4ccc5ccccc5c4)c3)oc3ccccc23)cc1. The highest BCUT2D eigenvalue weighted by Crippen LogP contribution is 2.43. The third-order valence-electron chi connectivity index (χ3n) is 7.03. The molecule has 0 atom stereocenters. The minimum absolute atomic E-state index is 0.880. The molecule has 2 heteroatoms. The normalized spacial score (nSPS) is 11.2. The lowest BCUT2D eigenvalue weighted by atomic mass is 9.98. The van der Waals surface area contributed by atoms with Gasteiger partial charge in [0.25, 0.3) is 0 Å². The zero-order chi connectivity index (χ0) is 25.3. The summed E-state index contributed by atoms with van der Waals surface area (Å²) in [5.74, 6) is 0.880. The lowest BCUT2D eigenvalue weighted by Crippen LogP contribution is -2.09. The van der Waals surface area contributed by atoms with Crippen LogP contribution in [-0.4, -0.2) is 0 Å². The summed E-state index contributed by atoms with van der Waals surface area (Å²) in [7, 11) is 0. The second-order valence-electron chi connectivity index (χ2n) is 9.42. The van der Waals surface area contributed by atoms with Gasteiger partial charge in [-0.05, 0) is 58.8 Å². The summed E-state index contributed by atoms with van der Waals surface area (Å²) >= 11 is 0. The Morgan fingerprint density at radius 2 is 1.05 bits per heavy atom. The predicted octanol–water partition coefficient (Wildman–Crippen LogP) is 10.4. The maximum Gasteiger partial charge on any atom is 0.143 e. The number of furan rings is 1. The Labute approximate surface area is 222 Å². The third kappa shape index (κ3) is 3.93. The van der Waals surface area contributed by atoms with Gasteiger partial charge in [0.05, 0.1) is 0 Å². The molecule has 1 heterocycles. The summed E-state index contributed by atoms with van der Waals surface area (Å²) in [6.45, 7) is 0. The molecule has 0 spiro atoms. The highest BCUT2D eigenvalue weighted by molar-refractivity contribution is 6.02. The molecule has 0 saturated heterocycles. The topological polar surface area (TPSA) is 16.4 Å². The van der Waals surface area contributed by atoms with Crippen molar-refractivity contribution in [1.82, 2.24) is 0 Å². The number of nitrogens with zero attached hydrogens (tertiary/aromatic N) is 1. The van der Waals surface area contributed by atoms with Gasteiger partial charge in [-0.3, -0.25) is 0 Å². The van der Waals surface area contributed by atoms with E-state index in [1.165, 1.54) is 10.8 Å². The number of benzene rings is 6. The molecule has 6 aromatic carbocycles. The van der Waals surface area contributed by atoms with Crippen LogP contribution in [0.3, 0.4) is 0 Å². The van der Waals surface area contributed by atoms with E-state index in [0.717, 1.165) is 50.5 Å². The fourth-order valence-corrected chi connectivity index (χ4v) is 5.27. The summed E-state index contributed by atoms with van der Waals surface area (Å²) in [5.41, 5.74) is 7.49. The van der Waals surface area contributed by atoms with Crippen molar-refractivity contribution < 1.29 is 4.42 Å². The molecule has 0 aliphatic rings. The molecule has 0 unspecified atom stereocenters. The Morgan fingerprint density at radius 3 is 1.89 bits per heavy atom. The second kappa shape index (κ2) is 9.42. The molecule has 180 valence electrons. The molecule has 0 amide bonds. The van der Waals surface area contributed by atoms with E-state index in [1.807, 2.05) is 18.2 Å². The van der Waals surface area contributed by atoms with Crippen LogP contribution < -0.4 is 4.90 Å². The van der Waals surface area contributed by atoms with Crippen molar-refractivity contribution in [3.63, 3.8) is 0 Å². The Kier molecular flexibility index (Phi) is 5.49. The number of anilines is 3. The van der Waals surface area contributed by atoms with Gasteiger partial charge in [0.2, 0.25) is 0 Å². The Morgan fingerprint density at radius 1 is 0.421 bits per heavy atom. The molecule has 0 N–H and O–H groups in total. The van der Waals surface area contributed by atoms with E-state index in [4.69, 9.17) is 4.42 Å². The van der Waals surface area contributed by atoms with Gasteiger partial charge in [0.15, 0.2) is 0 Å². The first-order valence-electron chi connectivity index (χ1n) is 12.9. The monoisotopic (exact) mass is 487 g/mol. The molecular formula is C36H25NO. The second-order valence-corrected chi connectivity index (χ2v) is 9.42. The fourth-order valence-electron chi connectivity index (χ4n) is 5.27. The lowest BCUT2D eigenvalue weighted by molar-refractivity contribution is 0.632. The van der Waals surface area contributed by atoms with Gasteiger partial charge in [-0.25, -0.2) is 0 Å². The van der Waals surface area contributed by atoms with Crippen LogP contribution in [0.25, 0.3) is 44.2 Å². The van der Waals surface area contributed by atoms with Crippen molar-refractivity contribution >= 4 is 38.8 Å². The van der Waals surface area contributed by atoms with Crippen LogP contribution in [0.2, 0.25) is 0 Å². The van der Waals surface area contributed by atoms with Crippen molar-refractivity contribution in [3.8, 4) is 22.5 Å². The summed E-state index contributed by atoms with van der Waals surface area (Å²) in [6, 6.07) is 53.1. The van der Waals surface area contributed by atoms with Crippen molar-refractivity contribution in [2.45, 2.75) is 0 Å². The van der Waals surface area contributed by atoms with Gasteiger partial charge >= 0.3 is 0 Å². The van der Waals surface area contributed by atoms with Crippen LogP contribution >= 0.6 is 0 Å². The Balaban J connectivity index is 1.42. The standard InChI is InChI=1S/C36H25NO/c1-3-13-27(14-4-1)35-33-20-9-10-21-34(33)38-36(35)29-16-11-19-31(25-29)37(30-17-5-2-6-18-30)32-23-22-26-12-7-8-15-28(26)24-32/h1-25H. The van der Waals surface area contributed by atoms with Crippen molar-refractivity contribution in [2.75, 3.05) is 4.90 Å². The van der Waals surface area contributed by atoms with Crippen LogP contribution in [0.5, 0.6) is 0 Å². The lowest BCUT2D eigenvalue weighted by Gasteiger charge is -2.26. The number of hydrogen-bond acceptors (Lipinski definition) is 2. The first-order chi connectivity index (χ1) is 18.8. The van der Waals surface area contributed by atoms with Gasteiger partial charge in [-0.15, -0.1) is 0 Å². The van der Waals surface area contributed by atoms with Gasteiger partial charge < -0.3 is 9.32 Å². The van der Waals surface area contributed by atoms with Crippen LogP contribution in [0.1, 0.15) is 0 Å². The Hall–Kier alpha value is -5.08. The average Bonchev–Trinajstić information content (AvgIpc) is 3.38. The van der Waals surface area contributed by atoms with E-state index in [-0.39, 0.29) is 0 Å². The van der Waals surface area contributed by atoms with Crippen molar-refractivity contribution in [2.24, 2.45) is 0 Å². The smallest absolute Gasteiger partial charge is 0.143 e. The first-order valence-corrected chi connectivity index (χ1v) is 12.9. The van der Waals surface area contributed by atoms with Gasteiger partial charge in [0.1, 0.15) is 11.3 Å². The van der Waals surface area contributed by atoms with Gasteiger partial charge in [0, 0.05) is 33.6 Å². The Bertz CT molecular complexity index is 1870. The van der Waals surface area contributed by atoms with E-state index >= 15 is 0 Å². The van der Waals surface area contributed by atoms with Gasteiger partial charge in [-0.1, -0.05) is 109 Å². The van der Waals surface area contributed by atoms with E-state index in [0.29, 0.717) is 0 Å². The van der Waals surface area contributed by atoms with E-state index in [2.05, 4.69) is 138 Å². The van der Waals surface area contributed by atoms with Crippen LogP contribution in [0.15, 0.2) is 156 Å². The molecule has 1 aromatic heterocycles. The number of para-hydroxylation sites is 2. The average molecular weight is 488 g/mol. The predicted molar refractivity (Wildman–Crippen MR) is 159 cm³/mol. The molecule has 0 radical (unpaired) electrons.